The molecule has 3 unspecified atom stereocenters. The van der Waals surface area contributed by atoms with Gasteiger partial charge in [-0.25, -0.2) is 4.79 Å². The lowest BCUT2D eigenvalue weighted by Gasteiger charge is -2.43. The van der Waals surface area contributed by atoms with E-state index in [0.717, 1.165) is 0 Å². The number of rotatable bonds is 8. The first-order chi connectivity index (χ1) is 23.0. The summed E-state index contributed by atoms with van der Waals surface area (Å²) in [7, 11) is 5.14. The number of hydrogen-bond acceptors (Lipinski definition) is 13. The molecule has 0 bridgehead atoms. The minimum Gasteiger partial charge on any atom is -0.456 e. The SMILES string of the molecule is CC[C@H]1OC(=O)C=C[C@H](C)[C@@H](O[C@@H]2O[C@H](C)CC(N(C)C)C2O)[C@H](C)C[C@@H](C)C(=O)C=CC=C[C@]1(O)CO[C@@H]1OC(C)[C@H](O)[C@H](O)[C@@H]1OC. The largest absolute Gasteiger partial charge is 0.456 e. The Balaban J connectivity index is 1.89. The molecule has 0 saturated carbocycles. The van der Waals surface area contributed by atoms with Crippen molar-refractivity contribution < 1.29 is 58.4 Å². The van der Waals surface area contributed by atoms with Crippen LogP contribution in [0.15, 0.2) is 36.5 Å². The molecule has 49 heavy (non-hydrogen) atoms. The summed E-state index contributed by atoms with van der Waals surface area (Å²) in [5, 5.41) is 43.8. The number of cyclic esters (lactones) is 1. The zero-order chi connectivity index (χ0) is 36.6. The molecule has 4 N–H and O–H groups in total. The van der Waals surface area contributed by atoms with Crippen molar-refractivity contribution in [3.63, 3.8) is 0 Å². The van der Waals surface area contributed by atoms with Crippen molar-refractivity contribution in [2.75, 3.05) is 27.8 Å². The third-order valence-electron chi connectivity index (χ3n) is 9.87. The number of likely N-dealkylation sites (N-methyl/N-ethyl adjacent to an activating group) is 1. The minimum atomic E-state index is -1.89. The van der Waals surface area contributed by atoms with Crippen molar-refractivity contribution in [2.45, 2.75) is 134 Å². The third kappa shape index (κ3) is 10.7. The molecule has 3 aliphatic rings. The second-order valence-corrected chi connectivity index (χ2v) is 14.2. The zero-order valence-electron chi connectivity index (χ0n) is 30.4. The average molecular weight is 698 g/mol. The molecule has 0 radical (unpaired) electrons. The quantitative estimate of drug-likeness (QED) is 0.271. The lowest BCUT2D eigenvalue weighted by Crippen LogP contribution is -2.59. The number of carbonyl (C=O) groups is 2. The Morgan fingerprint density at radius 1 is 0.918 bits per heavy atom. The number of aliphatic hydroxyl groups is 4. The summed E-state index contributed by atoms with van der Waals surface area (Å²) in [6, 6.07) is -0.173. The Kier molecular flexibility index (Phi) is 15.6. The molecule has 0 aromatic rings. The molecule has 13 nitrogen and oxygen atoms in total. The fourth-order valence-electron chi connectivity index (χ4n) is 6.84. The molecular weight excluding hydrogens is 638 g/mol. The fraction of sp³-hybridized carbons (Fsp3) is 0.778. The minimum absolute atomic E-state index is 0.126. The predicted molar refractivity (Wildman–Crippen MR) is 180 cm³/mol. The maximum atomic E-state index is 13.2. The van der Waals surface area contributed by atoms with Crippen LogP contribution in [0.2, 0.25) is 0 Å². The summed E-state index contributed by atoms with van der Waals surface area (Å²) in [4.78, 5) is 28.4. The second-order valence-electron chi connectivity index (χ2n) is 14.2. The van der Waals surface area contributed by atoms with E-state index in [0.29, 0.717) is 12.8 Å². The van der Waals surface area contributed by atoms with Crippen LogP contribution in [0.1, 0.15) is 60.8 Å². The van der Waals surface area contributed by atoms with Crippen LogP contribution in [-0.2, 0) is 38.0 Å². The van der Waals surface area contributed by atoms with E-state index in [1.807, 2.05) is 46.7 Å². The summed E-state index contributed by atoms with van der Waals surface area (Å²) in [5.74, 6) is -1.73. The van der Waals surface area contributed by atoms with Crippen molar-refractivity contribution >= 4 is 11.8 Å². The molecular formula is C36H59NO12. The van der Waals surface area contributed by atoms with E-state index in [2.05, 4.69) is 0 Å². The van der Waals surface area contributed by atoms with Gasteiger partial charge in [-0.15, -0.1) is 0 Å². The van der Waals surface area contributed by atoms with Gasteiger partial charge in [0.2, 0.25) is 0 Å². The molecule has 15 atom stereocenters. The smallest absolute Gasteiger partial charge is 0.330 e. The van der Waals surface area contributed by atoms with Gasteiger partial charge in [0.05, 0.1) is 24.9 Å². The number of ether oxygens (including phenoxy) is 6. The summed E-state index contributed by atoms with van der Waals surface area (Å²) in [6.07, 6.45) is 0.995. The Morgan fingerprint density at radius 3 is 2.24 bits per heavy atom. The van der Waals surface area contributed by atoms with Crippen LogP contribution < -0.4 is 0 Å². The second kappa shape index (κ2) is 18.5. The van der Waals surface area contributed by atoms with E-state index in [-0.39, 0.29) is 42.1 Å². The molecule has 0 spiro atoms. The highest BCUT2D eigenvalue weighted by molar-refractivity contribution is 5.91. The third-order valence-corrected chi connectivity index (χ3v) is 9.87. The van der Waals surface area contributed by atoms with Crippen molar-refractivity contribution in [1.82, 2.24) is 4.90 Å². The van der Waals surface area contributed by atoms with Gasteiger partial charge in [-0.3, -0.25) is 4.79 Å². The van der Waals surface area contributed by atoms with E-state index in [9.17, 15) is 30.0 Å². The fourth-order valence-corrected chi connectivity index (χ4v) is 6.84. The van der Waals surface area contributed by atoms with Gasteiger partial charge in [0.25, 0.3) is 0 Å². The van der Waals surface area contributed by atoms with Crippen LogP contribution in [0.5, 0.6) is 0 Å². The van der Waals surface area contributed by atoms with Crippen LogP contribution >= 0.6 is 0 Å². The molecule has 280 valence electrons. The summed E-state index contributed by atoms with van der Waals surface area (Å²) in [6.45, 7) is 10.5. The molecule has 0 amide bonds. The van der Waals surface area contributed by atoms with Gasteiger partial charge in [0, 0.05) is 31.1 Å². The number of nitrogens with zero attached hydrogens (tertiary/aromatic N) is 1. The van der Waals surface area contributed by atoms with Gasteiger partial charge < -0.3 is 53.7 Å². The number of ketones is 1. The average Bonchev–Trinajstić information content (AvgIpc) is 3.05. The van der Waals surface area contributed by atoms with Crippen LogP contribution in [-0.4, -0.2) is 138 Å². The highest BCUT2D eigenvalue weighted by Crippen LogP contribution is 2.32. The summed E-state index contributed by atoms with van der Waals surface area (Å²) in [5.41, 5.74) is -1.89. The summed E-state index contributed by atoms with van der Waals surface area (Å²) >= 11 is 0. The standard InChI is InChI=1S/C36H59NO12/c1-10-27-36(43,19-45-35-33(44-9)31(42)29(40)24(6)47-35)16-12-11-13-26(38)21(3)17-22(4)32(20(2)14-15-28(39)48-27)49-34-30(41)25(37(7)8)18-23(5)46-34/h11-16,20-25,27,29-35,40-43H,10,17-19H2,1-9H3/t20-,21+,22+,23+,24?,25?,27+,29-,30?,31-,32+,33-,34-,35+,36-/m0/s1. The van der Waals surface area contributed by atoms with Crippen LogP contribution in [0.25, 0.3) is 0 Å². The van der Waals surface area contributed by atoms with E-state index in [1.54, 1.807) is 19.9 Å². The first kappa shape index (κ1) is 41.4. The molecule has 13 heteroatoms. The van der Waals surface area contributed by atoms with Gasteiger partial charge in [-0.2, -0.15) is 0 Å². The molecule has 0 aromatic heterocycles. The van der Waals surface area contributed by atoms with E-state index in [4.69, 9.17) is 28.4 Å². The Labute approximate surface area is 290 Å². The number of esters is 1. The molecule has 3 aliphatic heterocycles. The van der Waals surface area contributed by atoms with Gasteiger partial charge in [-0.05, 0) is 65.3 Å². The van der Waals surface area contributed by atoms with Crippen molar-refractivity contribution in [3.8, 4) is 0 Å². The number of allylic oxidation sites excluding steroid dienone is 3. The highest BCUT2D eigenvalue weighted by atomic mass is 16.7. The summed E-state index contributed by atoms with van der Waals surface area (Å²) < 4.78 is 35.3. The van der Waals surface area contributed by atoms with Crippen molar-refractivity contribution in [3.05, 3.63) is 36.5 Å². The van der Waals surface area contributed by atoms with Crippen LogP contribution in [0.4, 0.5) is 0 Å². The van der Waals surface area contributed by atoms with Gasteiger partial charge in [0.1, 0.15) is 36.1 Å². The van der Waals surface area contributed by atoms with Gasteiger partial charge >= 0.3 is 5.97 Å². The maximum Gasteiger partial charge on any atom is 0.330 e. The van der Waals surface area contributed by atoms with E-state index >= 15 is 0 Å². The lowest BCUT2D eigenvalue weighted by atomic mass is 9.84. The predicted octanol–water partition coefficient (Wildman–Crippen LogP) is 1.90. The lowest BCUT2D eigenvalue weighted by molar-refractivity contribution is -0.306. The Bertz CT molecular complexity index is 1160. The van der Waals surface area contributed by atoms with Crippen molar-refractivity contribution in [1.29, 1.82) is 0 Å². The highest BCUT2D eigenvalue weighted by Gasteiger charge is 2.46. The first-order valence-corrected chi connectivity index (χ1v) is 17.3. The molecule has 0 aromatic carbocycles. The van der Waals surface area contributed by atoms with E-state index < -0.39 is 73.5 Å². The Hall–Kier alpha value is -2.04. The number of methoxy groups -OCH3 is 1. The Morgan fingerprint density at radius 2 is 1.61 bits per heavy atom. The topological polar surface area (TPSA) is 174 Å². The molecule has 3 rings (SSSR count). The molecule has 2 fully saturated rings. The van der Waals surface area contributed by atoms with Gasteiger partial charge in [0.15, 0.2) is 18.4 Å². The number of carbonyl (C=O) groups excluding carboxylic acids is 2. The normalized spacial score (nSPS) is 43.1. The zero-order valence-corrected chi connectivity index (χ0v) is 30.4. The van der Waals surface area contributed by atoms with Crippen LogP contribution in [0.3, 0.4) is 0 Å². The van der Waals surface area contributed by atoms with Gasteiger partial charge in [-0.1, -0.05) is 45.9 Å². The first-order valence-electron chi connectivity index (χ1n) is 17.3. The molecule has 3 heterocycles. The number of hydrogen-bond donors (Lipinski definition) is 4. The van der Waals surface area contributed by atoms with E-state index in [1.165, 1.54) is 37.5 Å². The van der Waals surface area contributed by atoms with Crippen molar-refractivity contribution in [2.24, 2.45) is 17.8 Å². The molecule has 0 aliphatic carbocycles. The maximum absolute atomic E-state index is 13.2. The van der Waals surface area contributed by atoms with Crippen LogP contribution in [0, 0.1) is 17.8 Å². The molecule has 2 saturated heterocycles. The monoisotopic (exact) mass is 697 g/mol. The number of aliphatic hydroxyl groups excluding tert-OH is 3.